The van der Waals surface area contributed by atoms with Crippen molar-refractivity contribution >= 4 is 5.91 Å². The molecule has 2 rings (SSSR count). The third kappa shape index (κ3) is 34.6. The van der Waals surface area contributed by atoms with E-state index >= 15 is 0 Å². The van der Waals surface area contributed by atoms with E-state index in [0.717, 1.165) is 116 Å². The number of unbranched alkanes of at least 4 members (excludes halogenated alkanes) is 16. The van der Waals surface area contributed by atoms with Gasteiger partial charge in [-0.25, -0.2) is 0 Å². The van der Waals surface area contributed by atoms with Gasteiger partial charge in [-0.2, -0.15) is 0 Å². The van der Waals surface area contributed by atoms with Crippen LogP contribution < -0.4 is 5.32 Å². The van der Waals surface area contributed by atoms with Crippen LogP contribution >= 0.6 is 0 Å². The van der Waals surface area contributed by atoms with Crippen molar-refractivity contribution in [1.82, 2.24) is 5.32 Å². The van der Waals surface area contributed by atoms with Crippen molar-refractivity contribution in [3.05, 3.63) is 109 Å². The van der Waals surface area contributed by atoms with E-state index in [9.17, 15) is 45.6 Å². The number of allylic oxidation sites excluding steroid dienone is 18. The number of carbonyl (C=O) groups is 1. The van der Waals surface area contributed by atoms with Gasteiger partial charge in [-0.15, -0.1) is 0 Å². The van der Waals surface area contributed by atoms with Crippen LogP contribution in [0.15, 0.2) is 109 Å². The van der Waals surface area contributed by atoms with Crippen molar-refractivity contribution in [1.29, 1.82) is 0 Å². The van der Waals surface area contributed by atoms with Gasteiger partial charge in [0.2, 0.25) is 5.91 Å². The molecular formula is C65H109NO13. The van der Waals surface area contributed by atoms with Crippen LogP contribution in [-0.2, 0) is 23.7 Å². The molecular weight excluding hydrogens is 1000 g/mol. The molecule has 12 atom stereocenters. The monoisotopic (exact) mass is 1110 g/mol. The fraction of sp³-hybridized carbons (Fsp3) is 0.708. The molecule has 0 radical (unpaired) electrons. The quantitative estimate of drug-likeness (QED) is 0.0204. The minimum Gasteiger partial charge on any atom is -0.394 e. The van der Waals surface area contributed by atoms with Gasteiger partial charge in [0.25, 0.3) is 0 Å². The number of rotatable bonds is 47. The molecule has 0 aliphatic carbocycles. The number of amides is 1. The standard InChI is InChI=1S/C65H109NO13/c1-3-5-7-9-11-13-15-17-18-19-20-21-22-23-24-25-26-27-28-29-30-31-32-33-34-35-36-37-39-41-43-45-47-49-57(70)66-53(54(69)48-46-44-42-40-38-16-14-12-10-8-6-4-2)52-76-64-62(75)60(73)63(56(51-68)78-64)79-65-61(74)59(72)58(71)55(50-67)77-65/h5,7,11,13,17-18,20-21,23-24,26-27,29-30,32-33,35-36,53-56,58-65,67-69,71-75H,3-4,6,8-10,12,14-16,19,22,25,28,31,34,37-52H2,1-2H3,(H,66,70)/b7-5-,13-11-,18-17-,21-20-,24-23-,27-26-,30-29-,33-32-,36-35-. The molecule has 2 fully saturated rings. The topological polar surface area (TPSA) is 228 Å². The van der Waals surface area contributed by atoms with Gasteiger partial charge in [-0.3, -0.25) is 4.79 Å². The smallest absolute Gasteiger partial charge is 0.220 e. The van der Waals surface area contributed by atoms with Crippen molar-refractivity contribution in [3.63, 3.8) is 0 Å². The SMILES string of the molecule is CC/C=C\C/C=C\C/C=C\C/C=C\C/C=C\C/C=C\C/C=C\C/C=C\C/C=C\CCCCCCCC(=O)NC(COC1OC(CO)C(OC2OC(CO)C(O)C(O)C2O)C(O)C1O)C(O)CCCCCCCCCCCCCC. The zero-order valence-corrected chi connectivity index (χ0v) is 48.6. The lowest BCUT2D eigenvalue weighted by Gasteiger charge is -2.46. The summed E-state index contributed by atoms with van der Waals surface area (Å²) in [7, 11) is 0. The number of aliphatic hydroxyl groups is 8. The first-order valence-corrected chi connectivity index (χ1v) is 30.6. The second-order valence-electron chi connectivity index (χ2n) is 21.1. The average Bonchev–Trinajstić information content (AvgIpc) is 3.49. The van der Waals surface area contributed by atoms with Gasteiger partial charge in [-0.1, -0.05) is 220 Å². The van der Waals surface area contributed by atoms with Crippen LogP contribution in [0.5, 0.6) is 0 Å². The molecule has 79 heavy (non-hydrogen) atoms. The second kappa shape index (κ2) is 49.3. The lowest BCUT2D eigenvalue weighted by Crippen LogP contribution is -2.65. The lowest BCUT2D eigenvalue weighted by atomic mass is 9.97. The molecule has 14 heteroatoms. The molecule has 1 amide bonds. The van der Waals surface area contributed by atoms with Crippen LogP contribution in [0.3, 0.4) is 0 Å². The van der Waals surface area contributed by atoms with Crippen molar-refractivity contribution < 1.29 is 64.6 Å². The summed E-state index contributed by atoms with van der Waals surface area (Å²) in [5.41, 5.74) is 0. The summed E-state index contributed by atoms with van der Waals surface area (Å²) in [4.78, 5) is 13.3. The first kappa shape index (κ1) is 71.8. The third-order valence-electron chi connectivity index (χ3n) is 14.3. The van der Waals surface area contributed by atoms with Gasteiger partial charge in [0, 0.05) is 6.42 Å². The molecule has 2 heterocycles. The van der Waals surface area contributed by atoms with E-state index in [0.29, 0.717) is 12.8 Å². The van der Waals surface area contributed by atoms with Crippen LogP contribution in [0.2, 0.25) is 0 Å². The van der Waals surface area contributed by atoms with Crippen LogP contribution in [0.25, 0.3) is 0 Å². The summed E-state index contributed by atoms with van der Waals surface area (Å²) in [6.45, 7) is 2.70. The number of hydrogen-bond donors (Lipinski definition) is 9. The molecule has 0 saturated carbocycles. The number of carbonyl (C=O) groups excluding carboxylic acids is 1. The maximum absolute atomic E-state index is 13.3. The second-order valence-corrected chi connectivity index (χ2v) is 21.1. The van der Waals surface area contributed by atoms with E-state index in [2.05, 4.69) is 129 Å². The van der Waals surface area contributed by atoms with Crippen LogP contribution in [-0.4, -0.2) is 140 Å². The normalized spacial score (nSPS) is 25.2. The highest BCUT2D eigenvalue weighted by atomic mass is 16.7. The number of aliphatic hydroxyl groups excluding tert-OH is 8. The van der Waals surface area contributed by atoms with Crippen molar-refractivity contribution in [2.24, 2.45) is 0 Å². The van der Waals surface area contributed by atoms with Crippen LogP contribution in [0, 0.1) is 0 Å². The Balaban J connectivity index is 1.69. The summed E-state index contributed by atoms with van der Waals surface area (Å²) in [5, 5.41) is 87.1. The summed E-state index contributed by atoms with van der Waals surface area (Å²) >= 11 is 0. The van der Waals surface area contributed by atoms with E-state index in [-0.39, 0.29) is 18.9 Å². The Hall–Kier alpha value is -3.35. The Kier molecular flexibility index (Phi) is 44.8. The molecule has 14 nitrogen and oxygen atoms in total. The average molecular weight is 1110 g/mol. The minimum absolute atomic E-state index is 0.231. The Labute approximate surface area is 476 Å². The first-order chi connectivity index (χ1) is 38.6. The predicted octanol–water partition coefficient (Wildman–Crippen LogP) is 10.8. The van der Waals surface area contributed by atoms with E-state index in [1.54, 1.807) is 0 Å². The number of nitrogens with one attached hydrogen (secondary N) is 1. The third-order valence-corrected chi connectivity index (χ3v) is 14.3. The van der Waals surface area contributed by atoms with Crippen molar-refractivity contribution in [2.75, 3.05) is 19.8 Å². The van der Waals surface area contributed by atoms with Gasteiger partial charge in [-0.05, 0) is 83.5 Å². The summed E-state index contributed by atoms with van der Waals surface area (Å²) in [6, 6.07) is -0.846. The lowest BCUT2D eigenvalue weighted by molar-refractivity contribution is -0.359. The fourth-order valence-corrected chi connectivity index (χ4v) is 9.35. The molecule has 2 saturated heterocycles. The Morgan fingerprint density at radius 1 is 0.468 bits per heavy atom. The van der Waals surface area contributed by atoms with Crippen LogP contribution in [0.1, 0.15) is 200 Å². The van der Waals surface area contributed by atoms with E-state index in [1.165, 1.54) is 51.4 Å². The molecule has 12 unspecified atom stereocenters. The van der Waals surface area contributed by atoms with Gasteiger partial charge in [0.15, 0.2) is 12.6 Å². The molecule has 2 aliphatic rings. The first-order valence-electron chi connectivity index (χ1n) is 30.6. The summed E-state index contributed by atoms with van der Waals surface area (Å²) < 4.78 is 22.8. The Morgan fingerprint density at radius 3 is 1.34 bits per heavy atom. The zero-order valence-electron chi connectivity index (χ0n) is 48.6. The van der Waals surface area contributed by atoms with E-state index in [1.807, 2.05) is 0 Å². The fourth-order valence-electron chi connectivity index (χ4n) is 9.35. The van der Waals surface area contributed by atoms with Crippen molar-refractivity contribution in [2.45, 2.75) is 274 Å². The molecule has 0 bridgehead atoms. The highest BCUT2D eigenvalue weighted by Crippen LogP contribution is 2.30. The van der Waals surface area contributed by atoms with Crippen molar-refractivity contribution in [3.8, 4) is 0 Å². The summed E-state index contributed by atoms with van der Waals surface area (Å²) in [5.74, 6) is -0.231. The number of hydrogen-bond acceptors (Lipinski definition) is 13. The Morgan fingerprint density at radius 2 is 0.873 bits per heavy atom. The molecule has 452 valence electrons. The van der Waals surface area contributed by atoms with Crippen LogP contribution in [0.4, 0.5) is 0 Å². The van der Waals surface area contributed by atoms with Gasteiger partial charge < -0.3 is 65.1 Å². The molecule has 2 aliphatic heterocycles. The van der Waals surface area contributed by atoms with Gasteiger partial charge in [0.1, 0.15) is 48.8 Å². The number of ether oxygens (including phenoxy) is 4. The van der Waals surface area contributed by atoms with E-state index in [4.69, 9.17) is 18.9 Å². The van der Waals surface area contributed by atoms with Gasteiger partial charge >= 0.3 is 0 Å². The molecule has 9 N–H and O–H groups in total. The maximum Gasteiger partial charge on any atom is 0.220 e. The highest BCUT2D eigenvalue weighted by Gasteiger charge is 2.51. The Bertz CT molecular complexity index is 1740. The molecule has 0 aromatic rings. The molecule has 0 aromatic heterocycles. The maximum atomic E-state index is 13.3. The zero-order chi connectivity index (χ0) is 57.4. The summed E-state index contributed by atoms with van der Waals surface area (Å²) in [6.07, 6.45) is 52.4. The largest absolute Gasteiger partial charge is 0.394 e. The van der Waals surface area contributed by atoms with E-state index < -0.39 is 86.8 Å². The van der Waals surface area contributed by atoms with Gasteiger partial charge in [0.05, 0.1) is 32.0 Å². The molecule has 0 aromatic carbocycles. The predicted molar refractivity (Wildman–Crippen MR) is 318 cm³/mol. The molecule has 0 spiro atoms. The minimum atomic E-state index is -1.79. The highest BCUT2D eigenvalue weighted by molar-refractivity contribution is 5.76.